The average Bonchev–Trinajstić information content (AvgIpc) is 2.53. The van der Waals surface area contributed by atoms with E-state index in [1.807, 2.05) is 43.3 Å². The van der Waals surface area contributed by atoms with Crippen LogP contribution in [0.4, 0.5) is 10.6 Å². The Bertz CT molecular complexity index is 689. The van der Waals surface area contributed by atoms with Crippen LogP contribution in [0.2, 0.25) is 0 Å². The Hall–Kier alpha value is -2.89. The van der Waals surface area contributed by atoms with Crippen LogP contribution >= 0.6 is 0 Å². The van der Waals surface area contributed by atoms with Crippen molar-refractivity contribution in [1.29, 1.82) is 0 Å². The number of pyridine rings is 1. The van der Waals surface area contributed by atoms with Gasteiger partial charge in [-0.05, 0) is 43.0 Å². The number of anilines is 1. The van der Waals surface area contributed by atoms with Gasteiger partial charge in [0.25, 0.3) is 0 Å². The summed E-state index contributed by atoms with van der Waals surface area (Å²) in [7, 11) is 0. The summed E-state index contributed by atoms with van der Waals surface area (Å²) >= 11 is 0. The SMILES string of the molecule is Cc1ccnc(NC(=O)NC(CCC(=O)O)Cc2ccccc2)c1. The molecule has 1 atom stereocenters. The van der Waals surface area contributed by atoms with Gasteiger partial charge < -0.3 is 10.4 Å². The van der Waals surface area contributed by atoms with E-state index >= 15 is 0 Å². The lowest BCUT2D eigenvalue weighted by molar-refractivity contribution is -0.137. The number of carbonyl (C=O) groups excluding carboxylic acids is 1. The first-order valence-corrected chi connectivity index (χ1v) is 7.79. The third-order valence-electron chi connectivity index (χ3n) is 3.52. The smallest absolute Gasteiger partial charge is 0.320 e. The number of hydrogen-bond acceptors (Lipinski definition) is 3. The van der Waals surface area contributed by atoms with Crippen molar-refractivity contribution in [2.45, 2.75) is 32.2 Å². The van der Waals surface area contributed by atoms with E-state index < -0.39 is 5.97 Å². The van der Waals surface area contributed by atoms with Crippen LogP contribution in [0.15, 0.2) is 48.7 Å². The third-order valence-corrected chi connectivity index (χ3v) is 3.52. The van der Waals surface area contributed by atoms with Crippen LogP contribution < -0.4 is 10.6 Å². The van der Waals surface area contributed by atoms with Crippen LogP contribution in [0.1, 0.15) is 24.0 Å². The van der Waals surface area contributed by atoms with Gasteiger partial charge in [0, 0.05) is 18.7 Å². The Morgan fingerprint density at radius 1 is 1.21 bits per heavy atom. The molecule has 2 amide bonds. The van der Waals surface area contributed by atoms with Crippen molar-refractivity contribution in [2.24, 2.45) is 0 Å². The van der Waals surface area contributed by atoms with Gasteiger partial charge in [-0.1, -0.05) is 30.3 Å². The Labute approximate surface area is 140 Å². The summed E-state index contributed by atoms with van der Waals surface area (Å²) in [5.74, 6) is -0.417. The minimum Gasteiger partial charge on any atom is -0.481 e. The molecule has 0 saturated carbocycles. The second-order valence-electron chi connectivity index (χ2n) is 5.64. The number of hydrogen-bond donors (Lipinski definition) is 3. The van der Waals surface area contributed by atoms with Crippen molar-refractivity contribution in [3.63, 3.8) is 0 Å². The number of rotatable bonds is 7. The summed E-state index contributed by atoms with van der Waals surface area (Å²) in [6, 6.07) is 12.6. The van der Waals surface area contributed by atoms with Crippen molar-refractivity contribution in [3.05, 3.63) is 59.8 Å². The molecule has 0 bridgehead atoms. The normalized spacial score (nSPS) is 11.5. The zero-order valence-corrected chi connectivity index (χ0v) is 13.5. The molecular formula is C18H21N3O3. The zero-order chi connectivity index (χ0) is 17.4. The first-order valence-electron chi connectivity index (χ1n) is 7.79. The summed E-state index contributed by atoms with van der Waals surface area (Å²) in [5, 5.41) is 14.4. The van der Waals surface area contributed by atoms with Gasteiger partial charge >= 0.3 is 12.0 Å². The number of nitrogens with zero attached hydrogens (tertiary/aromatic N) is 1. The number of aliphatic carboxylic acids is 1. The van der Waals surface area contributed by atoms with Crippen LogP contribution in [0, 0.1) is 6.92 Å². The highest BCUT2D eigenvalue weighted by atomic mass is 16.4. The van der Waals surface area contributed by atoms with Crippen molar-refractivity contribution >= 4 is 17.8 Å². The fraction of sp³-hybridized carbons (Fsp3) is 0.278. The number of carboxylic acid groups (broad SMARTS) is 1. The van der Waals surface area contributed by atoms with Crippen molar-refractivity contribution in [3.8, 4) is 0 Å². The monoisotopic (exact) mass is 327 g/mol. The van der Waals surface area contributed by atoms with Crippen molar-refractivity contribution in [2.75, 3.05) is 5.32 Å². The number of nitrogens with one attached hydrogen (secondary N) is 2. The largest absolute Gasteiger partial charge is 0.481 e. The second-order valence-corrected chi connectivity index (χ2v) is 5.64. The van der Waals surface area contributed by atoms with E-state index in [4.69, 9.17) is 5.11 Å². The molecule has 0 spiro atoms. The predicted octanol–water partition coefficient (Wildman–Crippen LogP) is 2.99. The summed E-state index contributed by atoms with van der Waals surface area (Å²) in [5.41, 5.74) is 2.04. The molecule has 0 aliphatic rings. The standard InChI is InChI=1S/C18H21N3O3/c1-13-9-10-19-16(11-13)21-18(24)20-15(7-8-17(22)23)12-14-5-3-2-4-6-14/h2-6,9-11,15H,7-8,12H2,1H3,(H,22,23)(H2,19,20,21,24). The molecule has 0 aliphatic carbocycles. The summed E-state index contributed by atoms with van der Waals surface area (Å²) in [6.45, 7) is 1.91. The molecule has 3 N–H and O–H groups in total. The van der Waals surface area contributed by atoms with Crippen LogP contribution in [-0.4, -0.2) is 28.1 Å². The highest BCUT2D eigenvalue weighted by Crippen LogP contribution is 2.09. The minimum atomic E-state index is -0.879. The van der Waals surface area contributed by atoms with E-state index in [0.29, 0.717) is 18.7 Å². The maximum Gasteiger partial charge on any atom is 0.320 e. The van der Waals surface area contributed by atoms with E-state index in [1.165, 1.54) is 0 Å². The molecule has 2 aromatic rings. The first-order chi connectivity index (χ1) is 11.5. The molecule has 1 heterocycles. The molecule has 6 nitrogen and oxygen atoms in total. The maximum absolute atomic E-state index is 12.2. The summed E-state index contributed by atoms with van der Waals surface area (Å²) in [6.07, 6.45) is 2.55. The van der Waals surface area contributed by atoms with Gasteiger partial charge in [-0.25, -0.2) is 9.78 Å². The van der Waals surface area contributed by atoms with Crippen molar-refractivity contribution in [1.82, 2.24) is 10.3 Å². The third kappa shape index (κ3) is 6.08. The van der Waals surface area contributed by atoms with E-state index in [9.17, 15) is 9.59 Å². The fourth-order valence-corrected chi connectivity index (χ4v) is 2.36. The fourth-order valence-electron chi connectivity index (χ4n) is 2.36. The minimum absolute atomic E-state index is 0.000472. The van der Waals surface area contributed by atoms with E-state index in [1.54, 1.807) is 12.3 Å². The van der Waals surface area contributed by atoms with Gasteiger partial charge in [0.15, 0.2) is 0 Å². The number of carbonyl (C=O) groups is 2. The Kier molecular flexibility index (Phi) is 6.31. The molecule has 24 heavy (non-hydrogen) atoms. The molecule has 0 radical (unpaired) electrons. The van der Waals surface area contributed by atoms with E-state index in [-0.39, 0.29) is 18.5 Å². The van der Waals surface area contributed by atoms with Gasteiger partial charge in [-0.3, -0.25) is 10.1 Å². The predicted molar refractivity (Wildman–Crippen MR) is 91.9 cm³/mol. The highest BCUT2D eigenvalue weighted by Gasteiger charge is 2.15. The first kappa shape index (κ1) is 17.5. The highest BCUT2D eigenvalue weighted by molar-refractivity contribution is 5.88. The van der Waals surface area contributed by atoms with E-state index in [2.05, 4.69) is 15.6 Å². The van der Waals surface area contributed by atoms with E-state index in [0.717, 1.165) is 11.1 Å². The zero-order valence-electron chi connectivity index (χ0n) is 13.5. The van der Waals surface area contributed by atoms with Gasteiger partial charge in [0.05, 0.1) is 0 Å². The quantitative estimate of drug-likeness (QED) is 0.729. The van der Waals surface area contributed by atoms with Gasteiger partial charge in [0.2, 0.25) is 0 Å². The second kappa shape index (κ2) is 8.67. The Morgan fingerprint density at radius 2 is 1.96 bits per heavy atom. The molecular weight excluding hydrogens is 306 g/mol. The lowest BCUT2D eigenvalue weighted by Crippen LogP contribution is -2.39. The maximum atomic E-state index is 12.2. The molecule has 6 heteroatoms. The molecule has 2 rings (SSSR count). The number of aryl methyl sites for hydroxylation is 1. The lowest BCUT2D eigenvalue weighted by atomic mass is 10.0. The number of aromatic nitrogens is 1. The molecule has 1 aromatic carbocycles. The topological polar surface area (TPSA) is 91.3 Å². The molecule has 0 fully saturated rings. The summed E-state index contributed by atoms with van der Waals surface area (Å²) in [4.78, 5) is 27.1. The average molecular weight is 327 g/mol. The van der Waals surface area contributed by atoms with Gasteiger partial charge in [-0.2, -0.15) is 0 Å². The van der Waals surface area contributed by atoms with Crippen molar-refractivity contribution < 1.29 is 14.7 Å². The number of carboxylic acids is 1. The molecule has 0 saturated heterocycles. The number of urea groups is 1. The van der Waals surface area contributed by atoms with Gasteiger partial charge in [0.1, 0.15) is 5.82 Å². The van der Waals surface area contributed by atoms with Crippen LogP contribution in [-0.2, 0) is 11.2 Å². The van der Waals surface area contributed by atoms with Gasteiger partial charge in [-0.15, -0.1) is 0 Å². The molecule has 0 aliphatic heterocycles. The Balaban J connectivity index is 1.98. The van der Waals surface area contributed by atoms with Crippen LogP contribution in [0.5, 0.6) is 0 Å². The molecule has 126 valence electrons. The van der Waals surface area contributed by atoms with Crippen LogP contribution in [0.3, 0.4) is 0 Å². The Morgan fingerprint density at radius 3 is 2.62 bits per heavy atom. The summed E-state index contributed by atoms with van der Waals surface area (Å²) < 4.78 is 0. The number of benzene rings is 1. The molecule has 1 unspecified atom stereocenters. The number of amides is 2. The van der Waals surface area contributed by atoms with Crippen LogP contribution in [0.25, 0.3) is 0 Å². The lowest BCUT2D eigenvalue weighted by Gasteiger charge is -2.18. The molecule has 1 aromatic heterocycles.